The van der Waals surface area contributed by atoms with Gasteiger partial charge in [-0.05, 0) is 50.6 Å². The number of rotatable bonds is 9. The number of carboxylic acids is 1. The molecule has 0 aliphatic carbocycles. The van der Waals surface area contributed by atoms with Gasteiger partial charge in [0, 0.05) is 6.54 Å². The number of carboxylic acid groups (broad SMARTS) is 1. The van der Waals surface area contributed by atoms with Gasteiger partial charge in [0.05, 0.1) is 11.7 Å². The van der Waals surface area contributed by atoms with Crippen LogP contribution in [0, 0.1) is 0 Å². The minimum Gasteiger partial charge on any atom is -0.492 e. The average Bonchev–Trinajstić information content (AvgIpc) is 2.38. The summed E-state index contributed by atoms with van der Waals surface area (Å²) < 4.78 is 5.46. The first-order chi connectivity index (χ1) is 9.09. The molecule has 1 atom stereocenters. The lowest BCUT2D eigenvalue weighted by atomic mass is 10.2. The normalized spacial score (nSPS) is 12.1. The molecule has 106 valence electrons. The highest BCUT2D eigenvalue weighted by Crippen LogP contribution is 2.11. The molecule has 5 heteroatoms. The van der Waals surface area contributed by atoms with Crippen molar-refractivity contribution >= 4 is 5.97 Å². The molecule has 0 saturated heterocycles. The van der Waals surface area contributed by atoms with Gasteiger partial charge in [-0.2, -0.15) is 0 Å². The number of aliphatic hydroxyl groups excluding tert-OH is 1. The molecule has 1 rings (SSSR count). The quantitative estimate of drug-likeness (QED) is 0.591. The number of hydrogen-bond donors (Lipinski definition) is 3. The lowest BCUT2D eigenvalue weighted by molar-refractivity contribution is 0.0697. The van der Waals surface area contributed by atoms with E-state index in [1.54, 1.807) is 19.1 Å². The molecule has 0 heterocycles. The summed E-state index contributed by atoms with van der Waals surface area (Å²) in [7, 11) is 0. The van der Waals surface area contributed by atoms with Crippen LogP contribution in [0.2, 0.25) is 0 Å². The molecule has 1 aromatic rings. The standard InChI is InChI=1S/C14H21NO4/c1-11(16)3-2-8-15-9-10-19-13-6-4-12(5-7-13)14(17)18/h4-7,11,15-16H,2-3,8-10H2,1H3,(H,17,18). The highest BCUT2D eigenvalue weighted by atomic mass is 16.5. The summed E-state index contributed by atoms with van der Waals surface area (Å²) in [4.78, 5) is 10.7. The third-order valence-corrected chi connectivity index (χ3v) is 2.62. The predicted octanol–water partition coefficient (Wildman–Crippen LogP) is 1.51. The highest BCUT2D eigenvalue weighted by Gasteiger charge is 2.01. The van der Waals surface area contributed by atoms with Gasteiger partial charge >= 0.3 is 5.97 Å². The Bertz CT molecular complexity index is 376. The average molecular weight is 267 g/mol. The van der Waals surface area contributed by atoms with E-state index in [9.17, 15) is 4.79 Å². The van der Waals surface area contributed by atoms with Gasteiger partial charge in [-0.25, -0.2) is 4.79 Å². The van der Waals surface area contributed by atoms with E-state index in [2.05, 4.69) is 5.32 Å². The largest absolute Gasteiger partial charge is 0.492 e. The van der Waals surface area contributed by atoms with Gasteiger partial charge < -0.3 is 20.3 Å². The number of carbonyl (C=O) groups is 1. The van der Waals surface area contributed by atoms with Crippen molar-refractivity contribution in [2.75, 3.05) is 19.7 Å². The molecular formula is C14H21NO4. The summed E-state index contributed by atoms with van der Waals surface area (Å²) in [6, 6.07) is 6.34. The minimum atomic E-state index is -0.939. The van der Waals surface area contributed by atoms with Crippen molar-refractivity contribution in [2.24, 2.45) is 0 Å². The molecule has 3 N–H and O–H groups in total. The van der Waals surface area contributed by atoms with E-state index < -0.39 is 5.97 Å². The van der Waals surface area contributed by atoms with E-state index in [0.717, 1.165) is 25.9 Å². The Morgan fingerprint density at radius 2 is 2.00 bits per heavy atom. The Kier molecular flexibility index (Phi) is 6.92. The number of aliphatic hydroxyl groups is 1. The van der Waals surface area contributed by atoms with Crippen LogP contribution in [0.25, 0.3) is 0 Å². The molecule has 0 aliphatic heterocycles. The van der Waals surface area contributed by atoms with Crippen molar-refractivity contribution in [2.45, 2.75) is 25.9 Å². The van der Waals surface area contributed by atoms with E-state index in [-0.39, 0.29) is 11.7 Å². The van der Waals surface area contributed by atoms with Crippen LogP contribution in [0.5, 0.6) is 5.75 Å². The maximum Gasteiger partial charge on any atom is 0.335 e. The zero-order valence-corrected chi connectivity index (χ0v) is 11.1. The number of hydrogen-bond acceptors (Lipinski definition) is 4. The second-order valence-corrected chi connectivity index (χ2v) is 4.42. The molecule has 0 aliphatic rings. The van der Waals surface area contributed by atoms with Gasteiger partial charge in [0.15, 0.2) is 0 Å². The van der Waals surface area contributed by atoms with E-state index >= 15 is 0 Å². The summed E-state index contributed by atoms with van der Waals surface area (Å²) in [5.41, 5.74) is 0.253. The van der Waals surface area contributed by atoms with Crippen molar-refractivity contribution in [3.63, 3.8) is 0 Å². The van der Waals surface area contributed by atoms with Crippen molar-refractivity contribution < 1.29 is 19.7 Å². The summed E-state index contributed by atoms with van der Waals surface area (Å²) in [6.07, 6.45) is 1.49. The third-order valence-electron chi connectivity index (χ3n) is 2.62. The monoisotopic (exact) mass is 267 g/mol. The van der Waals surface area contributed by atoms with Gasteiger partial charge in [0.25, 0.3) is 0 Å². The fourth-order valence-corrected chi connectivity index (χ4v) is 1.58. The molecule has 0 radical (unpaired) electrons. The van der Waals surface area contributed by atoms with Crippen LogP contribution < -0.4 is 10.1 Å². The first kappa shape index (κ1) is 15.5. The number of ether oxygens (including phenoxy) is 1. The van der Waals surface area contributed by atoms with Crippen LogP contribution in [0.3, 0.4) is 0 Å². The molecule has 19 heavy (non-hydrogen) atoms. The zero-order valence-electron chi connectivity index (χ0n) is 11.1. The maximum atomic E-state index is 10.7. The first-order valence-electron chi connectivity index (χ1n) is 6.44. The van der Waals surface area contributed by atoms with Gasteiger partial charge in [-0.1, -0.05) is 0 Å². The number of nitrogens with one attached hydrogen (secondary N) is 1. The molecule has 0 saturated carbocycles. The topological polar surface area (TPSA) is 78.8 Å². The van der Waals surface area contributed by atoms with Crippen molar-refractivity contribution in [3.8, 4) is 5.75 Å². The zero-order chi connectivity index (χ0) is 14.1. The summed E-state index contributed by atoms with van der Waals surface area (Å²) in [5.74, 6) is -0.276. The molecular weight excluding hydrogens is 246 g/mol. The first-order valence-corrected chi connectivity index (χ1v) is 6.44. The van der Waals surface area contributed by atoms with Gasteiger partial charge in [-0.3, -0.25) is 0 Å². The van der Waals surface area contributed by atoms with Crippen LogP contribution >= 0.6 is 0 Å². The van der Waals surface area contributed by atoms with E-state index in [4.69, 9.17) is 14.9 Å². The molecule has 0 spiro atoms. The van der Waals surface area contributed by atoms with E-state index in [0.29, 0.717) is 12.4 Å². The van der Waals surface area contributed by atoms with Crippen LogP contribution in [-0.2, 0) is 0 Å². The van der Waals surface area contributed by atoms with Crippen LogP contribution in [0.15, 0.2) is 24.3 Å². The van der Waals surface area contributed by atoms with Crippen molar-refractivity contribution in [3.05, 3.63) is 29.8 Å². The molecule has 5 nitrogen and oxygen atoms in total. The number of aromatic carboxylic acids is 1. The second-order valence-electron chi connectivity index (χ2n) is 4.42. The smallest absolute Gasteiger partial charge is 0.335 e. The maximum absolute atomic E-state index is 10.7. The van der Waals surface area contributed by atoms with Gasteiger partial charge in [0.1, 0.15) is 12.4 Å². The molecule has 0 bridgehead atoms. The third kappa shape index (κ3) is 6.79. The van der Waals surface area contributed by atoms with Crippen LogP contribution in [0.1, 0.15) is 30.1 Å². The number of benzene rings is 1. The molecule has 1 unspecified atom stereocenters. The van der Waals surface area contributed by atoms with Crippen LogP contribution in [-0.4, -0.2) is 42.0 Å². The Balaban J connectivity index is 2.11. The Morgan fingerprint density at radius 1 is 1.32 bits per heavy atom. The molecule has 0 amide bonds. The SMILES string of the molecule is CC(O)CCCNCCOc1ccc(C(=O)O)cc1. The minimum absolute atomic E-state index is 0.245. The molecule has 0 fully saturated rings. The Morgan fingerprint density at radius 3 is 2.58 bits per heavy atom. The van der Waals surface area contributed by atoms with Crippen molar-refractivity contribution in [1.29, 1.82) is 0 Å². The second kappa shape index (κ2) is 8.50. The fraction of sp³-hybridized carbons (Fsp3) is 0.500. The lowest BCUT2D eigenvalue weighted by Crippen LogP contribution is -2.22. The summed E-state index contributed by atoms with van der Waals surface area (Å²) in [5, 5.41) is 21.0. The Labute approximate surface area is 113 Å². The van der Waals surface area contributed by atoms with Gasteiger partial charge in [0.2, 0.25) is 0 Å². The highest BCUT2D eigenvalue weighted by molar-refractivity contribution is 5.87. The summed E-state index contributed by atoms with van der Waals surface area (Å²) >= 11 is 0. The molecule has 0 aromatic heterocycles. The van der Waals surface area contributed by atoms with Crippen LogP contribution in [0.4, 0.5) is 0 Å². The van der Waals surface area contributed by atoms with E-state index in [1.807, 2.05) is 0 Å². The summed E-state index contributed by atoms with van der Waals surface area (Å²) in [6.45, 7) is 3.89. The van der Waals surface area contributed by atoms with Gasteiger partial charge in [-0.15, -0.1) is 0 Å². The lowest BCUT2D eigenvalue weighted by Gasteiger charge is -2.08. The molecule has 1 aromatic carbocycles. The van der Waals surface area contributed by atoms with Crippen molar-refractivity contribution in [1.82, 2.24) is 5.32 Å². The Hall–Kier alpha value is -1.59. The predicted molar refractivity (Wildman–Crippen MR) is 72.7 cm³/mol. The van der Waals surface area contributed by atoms with E-state index in [1.165, 1.54) is 12.1 Å². The fourth-order valence-electron chi connectivity index (χ4n) is 1.58.